The molecular weight excluding hydrogens is 266 g/mol. The van der Waals surface area contributed by atoms with Crippen LogP contribution in [0.15, 0.2) is 30.5 Å². The van der Waals surface area contributed by atoms with Gasteiger partial charge in [-0.05, 0) is 6.07 Å². The first-order chi connectivity index (χ1) is 10.2. The van der Waals surface area contributed by atoms with Crippen LogP contribution in [0.4, 0.5) is 0 Å². The van der Waals surface area contributed by atoms with Crippen LogP contribution in [0, 0.1) is 0 Å². The standard InChI is InChI=1S/C16H21N3O2/c1-17-12-14(13-4-2-3-5-15(13)17)16(21)19-8-6-18(7-9-19)10-11-20/h2-5,12,20H,6-11H2,1H3. The van der Waals surface area contributed by atoms with Crippen LogP contribution in [0.1, 0.15) is 10.4 Å². The lowest BCUT2D eigenvalue weighted by molar-refractivity contribution is 0.0616. The Morgan fingerprint density at radius 3 is 2.62 bits per heavy atom. The van der Waals surface area contributed by atoms with Crippen molar-refractivity contribution in [3.05, 3.63) is 36.0 Å². The predicted octanol–water partition coefficient (Wildman–Crippen LogP) is 0.928. The first-order valence-electron chi connectivity index (χ1n) is 7.37. The van der Waals surface area contributed by atoms with E-state index in [4.69, 9.17) is 5.11 Å². The van der Waals surface area contributed by atoms with Crippen LogP contribution in [0.25, 0.3) is 10.9 Å². The molecule has 1 fully saturated rings. The van der Waals surface area contributed by atoms with E-state index in [-0.39, 0.29) is 12.5 Å². The summed E-state index contributed by atoms with van der Waals surface area (Å²) < 4.78 is 2.00. The zero-order valence-corrected chi connectivity index (χ0v) is 12.3. The van der Waals surface area contributed by atoms with Crippen molar-refractivity contribution in [2.75, 3.05) is 39.3 Å². The number of β-amino-alcohol motifs (C(OH)–C–C–N with tert-alkyl or cyclic N) is 1. The lowest BCUT2D eigenvalue weighted by Crippen LogP contribution is -2.49. The fourth-order valence-electron chi connectivity index (χ4n) is 3.00. The molecule has 1 aromatic heterocycles. The van der Waals surface area contributed by atoms with E-state index in [1.54, 1.807) is 0 Å². The van der Waals surface area contributed by atoms with Crippen LogP contribution in [-0.2, 0) is 7.05 Å². The van der Waals surface area contributed by atoms with Crippen LogP contribution in [-0.4, -0.2) is 64.7 Å². The largest absolute Gasteiger partial charge is 0.395 e. The average Bonchev–Trinajstić information content (AvgIpc) is 2.85. The number of benzene rings is 1. The Morgan fingerprint density at radius 2 is 1.90 bits per heavy atom. The number of aromatic nitrogens is 1. The van der Waals surface area contributed by atoms with E-state index in [1.165, 1.54) is 0 Å². The molecule has 3 rings (SSSR count). The number of nitrogens with zero attached hydrogens (tertiary/aromatic N) is 3. The molecule has 1 N–H and O–H groups in total. The summed E-state index contributed by atoms with van der Waals surface area (Å²) >= 11 is 0. The third-order valence-electron chi connectivity index (χ3n) is 4.20. The van der Waals surface area contributed by atoms with Gasteiger partial charge in [0, 0.05) is 56.9 Å². The molecule has 0 bridgehead atoms. The predicted molar refractivity (Wildman–Crippen MR) is 82.3 cm³/mol. The third-order valence-corrected chi connectivity index (χ3v) is 4.20. The van der Waals surface area contributed by atoms with Crippen molar-refractivity contribution in [1.82, 2.24) is 14.4 Å². The van der Waals surface area contributed by atoms with Crippen molar-refractivity contribution in [3.63, 3.8) is 0 Å². The maximum atomic E-state index is 12.7. The van der Waals surface area contributed by atoms with E-state index in [9.17, 15) is 4.79 Å². The van der Waals surface area contributed by atoms with Crippen molar-refractivity contribution in [2.24, 2.45) is 7.05 Å². The molecule has 1 saturated heterocycles. The van der Waals surface area contributed by atoms with Crippen molar-refractivity contribution in [3.8, 4) is 0 Å². The Hall–Kier alpha value is -1.85. The molecule has 5 heteroatoms. The van der Waals surface area contributed by atoms with Crippen molar-refractivity contribution in [1.29, 1.82) is 0 Å². The van der Waals surface area contributed by atoms with Gasteiger partial charge in [0.15, 0.2) is 0 Å². The lowest BCUT2D eigenvalue weighted by Gasteiger charge is -2.34. The average molecular weight is 287 g/mol. The summed E-state index contributed by atoms with van der Waals surface area (Å²) in [6.07, 6.45) is 1.92. The molecule has 5 nitrogen and oxygen atoms in total. The van der Waals surface area contributed by atoms with Gasteiger partial charge >= 0.3 is 0 Å². The van der Waals surface area contributed by atoms with Crippen LogP contribution < -0.4 is 0 Å². The summed E-state index contributed by atoms with van der Waals surface area (Å²) in [6, 6.07) is 8.00. The maximum absolute atomic E-state index is 12.7. The lowest BCUT2D eigenvalue weighted by atomic mass is 10.1. The molecule has 1 amide bonds. The minimum atomic E-state index is 0.107. The number of amides is 1. The molecule has 0 saturated carbocycles. The van der Waals surface area contributed by atoms with E-state index >= 15 is 0 Å². The topological polar surface area (TPSA) is 48.7 Å². The van der Waals surface area contributed by atoms with E-state index in [2.05, 4.69) is 4.90 Å². The minimum absolute atomic E-state index is 0.107. The minimum Gasteiger partial charge on any atom is -0.395 e. The van der Waals surface area contributed by atoms with Gasteiger partial charge in [-0.15, -0.1) is 0 Å². The second-order valence-corrected chi connectivity index (χ2v) is 5.53. The zero-order valence-electron chi connectivity index (χ0n) is 12.3. The van der Waals surface area contributed by atoms with Crippen LogP contribution in [0.5, 0.6) is 0 Å². The zero-order chi connectivity index (χ0) is 14.8. The maximum Gasteiger partial charge on any atom is 0.256 e. The molecule has 0 unspecified atom stereocenters. The first kappa shape index (κ1) is 14.1. The monoisotopic (exact) mass is 287 g/mol. The number of hydrogen-bond acceptors (Lipinski definition) is 3. The smallest absolute Gasteiger partial charge is 0.256 e. The summed E-state index contributed by atoms with van der Waals surface area (Å²) in [5.74, 6) is 0.107. The van der Waals surface area contributed by atoms with Crippen LogP contribution in [0.3, 0.4) is 0 Å². The van der Waals surface area contributed by atoms with Gasteiger partial charge < -0.3 is 14.6 Å². The number of carbonyl (C=O) groups excluding carboxylic acids is 1. The molecule has 2 heterocycles. The van der Waals surface area contributed by atoms with Gasteiger partial charge in [0.1, 0.15) is 0 Å². The molecule has 0 radical (unpaired) electrons. The molecule has 0 aliphatic carbocycles. The quantitative estimate of drug-likeness (QED) is 0.913. The van der Waals surface area contributed by atoms with Crippen molar-refractivity contribution in [2.45, 2.75) is 0 Å². The SMILES string of the molecule is Cn1cc(C(=O)N2CCN(CCO)CC2)c2ccccc21. The highest BCUT2D eigenvalue weighted by Gasteiger charge is 2.24. The molecular formula is C16H21N3O2. The van der Waals surface area contributed by atoms with Crippen molar-refractivity contribution < 1.29 is 9.90 Å². The first-order valence-corrected chi connectivity index (χ1v) is 7.37. The Balaban J connectivity index is 1.79. The van der Waals surface area contributed by atoms with Gasteiger partial charge in [-0.1, -0.05) is 18.2 Å². The molecule has 1 aliphatic heterocycles. The fourth-order valence-corrected chi connectivity index (χ4v) is 3.00. The molecule has 112 valence electrons. The number of piperazine rings is 1. The number of rotatable bonds is 3. The Kier molecular flexibility index (Phi) is 3.94. The van der Waals surface area contributed by atoms with Gasteiger partial charge in [0.2, 0.25) is 0 Å². The highest BCUT2D eigenvalue weighted by molar-refractivity contribution is 6.07. The van der Waals surface area contributed by atoms with Gasteiger partial charge in [-0.25, -0.2) is 0 Å². The second kappa shape index (κ2) is 5.87. The Morgan fingerprint density at radius 1 is 1.19 bits per heavy atom. The summed E-state index contributed by atoms with van der Waals surface area (Å²) in [5, 5.41) is 9.98. The van der Waals surface area contributed by atoms with Gasteiger partial charge in [0.25, 0.3) is 5.91 Å². The van der Waals surface area contributed by atoms with Crippen LogP contribution >= 0.6 is 0 Å². The molecule has 2 aromatic rings. The Labute approximate surface area is 124 Å². The number of para-hydroxylation sites is 1. The number of aryl methyl sites for hydroxylation is 1. The van der Waals surface area contributed by atoms with E-state index in [0.717, 1.165) is 42.6 Å². The number of fused-ring (bicyclic) bond motifs is 1. The fraction of sp³-hybridized carbons (Fsp3) is 0.438. The van der Waals surface area contributed by atoms with Crippen LogP contribution in [0.2, 0.25) is 0 Å². The van der Waals surface area contributed by atoms with Crippen molar-refractivity contribution >= 4 is 16.8 Å². The van der Waals surface area contributed by atoms with E-state index < -0.39 is 0 Å². The number of aliphatic hydroxyl groups excluding tert-OH is 1. The number of carbonyl (C=O) groups is 1. The highest BCUT2D eigenvalue weighted by atomic mass is 16.3. The molecule has 1 aromatic carbocycles. The number of aliphatic hydroxyl groups is 1. The summed E-state index contributed by atoms with van der Waals surface area (Å²) in [5.41, 5.74) is 1.86. The molecule has 1 aliphatic rings. The molecule has 21 heavy (non-hydrogen) atoms. The molecule has 0 atom stereocenters. The highest BCUT2D eigenvalue weighted by Crippen LogP contribution is 2.22. The van der Waals surface area contributed by atoms with E-state index in [0.29, 0.717) is 6.54 Å². The number of hydrogen-bond donors (Lipinski definition) is 1. The second-order valence-electron chi connectivity index (χ2n) is 5.53. The summed E-state index contributed by atoms with van der Waals surface area (Å²) in [4.78, 5) is 16.8. The molecule has 0 spiro atoms. The third kappa shape index (κ3) is 2.66. The van der Waals surface area contributed by atoms with Gasteiger partial charge in [-0.3, -0.25) is 9.69 Å². The Bertz CT molecular complexity index is 642. The summed E-state index contributed by atoms with van der Waals surface area (Å²) in [6.45, 7) is 3.98. The normalized spacial score (nSPS) is 16.6. The summed E-state index contributed by atoms with van der Waals surface area (Å²) in [7, 11) is 1.97. The van der Waals surface area contributed by atoms with Gasteiger partial charge in [0.05, 0.1) is 12.2 Å². The van der Waals surface area contributed by atoms with E-state index in [1.807, 2.05) is 47.0 Å². The van der Waals surface area contributed by atoms with Gasteiger partial charge in [-0.2, -0.15) is 0 Å².